The fourth-order valence-electron chi connectivity index (χ4n) is 1.05. The number of rotatable bonds is 1. The van der Waals surface area contributed by atoms with Crippen molar-refractivity contribution < 1.29 is 37.4 Å². The molecule has 0 aromatic carbocycles. The average Bonchev–Trinajstić information content (AvgIpc) is 2.13. The van der Waals surface area contributed by atoms with E-state index in [4.69, 9.17) is 12.6 Å². The van der Waals surface area contributed by atoms with E-state index in [1.807, 2.05) is 0 Å². The topological polar surface area (TPSA) is 9.23 Å². The minimum absolute atomic E-state index is 0. The summed E-state index contributed by atoms with van der Waals surface area (Å²) >= 11 is 0. The maximum Gasteiger partial charge on any atom is 0.105 e. The molecule has 3 atom stereocenters. The summed E-state index contributed by atoms with van der Waals surface area (Å²) in [5.74, 6) is 0.426. The molecule has 0 N–H and O–H groups in total. The van der Waals surface area contributed by atoms with Crippen molar-refractivity contribution in [2.45, 2.75) is 32.4 Å². The Balaban J connectivity index is 0.000000810. The van der Waals surface area contributed by atoms with Gasteiger partial charge in [0, 0.05) is 32.7 Å². The molecule has 1 heterocycles. The Labute approximate surface area is 89.6 Å². The van der Waals surface area contributed by atoms with Crippen LogP contribution in [0.1, 0.15) is 20.3 Å². The van der Waals surface area contributed by atoms with E-state index in [0.29, 0.717) is 12.0 Å². The van der Waals surface area contributed by atoms with Gasteiger partial charge in [0.2, 0.25) is 0 Å². The van der Waals surface area contributed by atoms with Crippen molar-refractivity contribution in [2.24, 2.45) is 5.92 Å². The third kappa shape index (κ3) is 2.64. The second kappa shape index (κ2) is 4.90. The molecule has 0 saturated carbocycles. The van der Waals surface area contributed by atoms with Gasteiger partial charge in [0.05, 0.1) is 0 Å². The van der Waals surface area contributed by atoms with Gasteiger partial charge in [0.15, 0.2) is 0 Å². The second-order valence-electron chi connectivity index (χ2n) is 2.60. The fraction of sp³-hybridized carbons (Fsp3) is 0.857. The first-order chi connectivity index (χ1) is 4.24. The third-order valence-electron chi connectivity index (χ3n) is 1.77. The average molecular weight is 212 g/mol. The monoisotopic (exact) mass is 212 g/mol. The van der Waals surface area contributed by atoms with Crippen molar-refractivity contribution in [3.8, 4) is 0 Å². The van der Waals surface area contributed by atoms with Gasteiger partial charge in [-0.2, -0.15) is 5.92 Å². The van der Waals surface area contributed by atoms with E-state index in [-0.39, 0.29) is 38.7 Å². The molecule has 0 aromatic heterocycles. The van der Waals surface area contributed by atoms with Crippen molar-refractivity contribution in [1.82, 2.24) is 0 Å². The Morgan fingerprint density at radius 2 is 2.20 bits per heavy atom. The van der Waals surface area contributed by atoms with Gasteiger partial charge in [-0.05, 0) is 6.00 Å². The molecule has 1 aliphatic heterocycles. The summed E-state index contributed by atoms with van der Waals surface area (Å²) in [4.78, 5) is 0. The molecule has 2 unspecified atom stereocenters. The summed E-state index contributed by atoms with van der Waals surface area (Å²) in [6, 6.07) is -0.0602. The van der Waals surface area contributed by atoms with Crippen LogP contribution < -0.4 is 0 Å². The fourth-order valence-corrected chi connectivity index (χ4v) is 1.05. The molecular formula is C7H12BOY-. The van der Waals surface area contributed by atoms with Crippen molar-refractivity contribution in [3.05, 3.63) is 6.42 Å². The largest absolute Gasteiger partial charge is 0.419 e. The molecule has 0 aliphatic carbocycles. The van der Waals surface area contributed by atoms with Gasteiger partial charge in [0.1, 0.15) is 7.85 Å². The minimum Gasteiger partial charge on any atom is -0.419 e. The van der Waals surface area contributed by atoms with Crippen LogP contribution in [0.15, 0.2) is 0 Å². The molecule has 3 radical (unpaired) electrons. The van der Waals surface area contributed by atoms with Crippen LogP contribution in [0.25, 0.3) is 0 Å². The number of hydrogen-bond donors (Lipinski definition) is 0. The van der Waals surface area contributed by atoms with Gasteiger partial charge in [-0.25, -0.2) is 0 Å². The van der Waals surface area contributed by atoms with Crippen LogP contribution in [-0.2, 0) is 37.4 Å². The first kappa shape index (κ1) is 11.1. The summed E-state index contributed by atoms with van der Waals surface area (Å²) in [6.07, 6.45) is 3.51. The van der Waals surface area contributed by atoms with Crippen molar-refractivity contribution >= 4 is 7.85 Å². The second-order valence-corrected chi connectivity index (χ2v) is 2.60. The quantitative estimate of drug-likeness (QED) is 0.467. The zero-order valence-corrected chi connectivity index (χ0v) is 9.42. The summed E-state index contributed by atoms with van der Waals surface area (Å²) in [5.41, 5.74) is 0. The first-order valence-electron chi connectivity index (χ1n) is 3.50. The summed E-state index contributed by atoms with van der Waals surface area (Å²) in [7, 11) is 5.59. The van der Waals surface area contributed by atoms with Gasteiger partial charge in [-0.3, -0.25) is 6.42 Å². The zero-order chi connectivity index (χ0) is 6.85. The Morgan fingerprint density at radius 3 is 2.40 bits per heavy atom. The molecule has 3 heteroatoms. The van der Waals surface area contributed by atoms with Gasteiger partial charge in [0.25, 0.3) is 0 Å². The Morgan fingerprint density at radius 1 is 1.60 bits per heavy atom. The van der Waals surface area contributed by atoms with E-state index in [9.17, 15) is 0 Å². The molecule has 0 amide bonds. The molecule has 1 rings (SSSR count). The normalized spacial score (nSPS) is 39.2. The molecular weight excluding hydrogens is 200 g/mol. The van der Waals surface area contributed by atoms with Gasteiger partial charge in [-0.1, -0.05) is 26.4 Å². The first-order valence-corrected chi connectivity index (χ1v) is 3.50. The van der Waals surface area contributed by atoms with Gasteiger partial charge >= 0.3 is 0 Å². The predicted octanol–water partition coefficient (Wildman–Crippen LogP) is 1.13. The minimum atomic E-state index is -0.0602. The molecule has 0 bridgehead atoms. The van der Waals surface area contributed by atoms with E-state index in [1.165, 1.54) is 0 Å². The predicted molar refractivity (Wildman–Crippen MR) is 38.2 cm³/mol. The van der Waals surface area contributed by atoms with Crippen LogP contribution in [0, 0.1) is 12.3 Å². The SMILES string of the molecule is [B]C1OC(CC)[CH-][C@@H]1C.[Y]. The van der Waals surface area contributed by atoms with E-state index in [0.717, 1.165) is 6.42 Å². The van der Waals surface area contributed by atoms with Crippen LogP contribution in [0.3, 0.4) is 0 Å². The van der Waals surface area contributed by atoms with E-state index in [1.54, 1.807) is 0 Å². The van der Waals surface area contributed by atoms with Crippen molar-refractivity contribution in [2.75, 3.05) is 0 Å². The smallest absolute Gasteiger partial charge is 0.105 e. The van der Waals surface area contributed by atoms with Crippen LogP contribution in [0.4, 0.5) is 0 Å². The van der Waals surface area contributed by atoms with Crippen molar-refractivity contribution in [1.29, 1.82) is 0 Å². The Kier molecular flexibility index (Phi) is 5.45. The van der Waals surface area contributed by atoms with Crippen LogP contribution in [0.2, 0.25) is 0 Å². The zero-order valence-electron chi connectivity index (χ0n) is 6.58. The molecule has 10 heavy (non-hydrogen) atoms. The van der Waals surface area contributed by atoms with Crippen LogP contribution >= 0.6 is 0 Å². The number of ether oxygens (including phenoxy) is 1. The molecule has 53 valence electrons. The van der Waals surface area contributed by atoms with Gasteiger partial charge < -0.3 is 4.74 Å². The summed E-state index contributed by atoms with van der Waals surface area (Å²) < 4.78 is 5.34. The van der Waals surface area contributed by atoms with Crippen molar-refractivity contribution in [3.63, 3.8) is 0 Å². The van der Waals surface area contributed by atoms with E-state index >= 15 is 0 Å². The standard InChI is InChI=1S/C7H12BO.Y/c1-3-6-4-5(2)7(8)9-6;/h4-7H,3H2,1-2H3;/q-1;/t5-,6?,7?;/m0./s1. The van der Waals surface area contributed by atoms with E-state index < -0.39 is 0 Å². The molecule has 0 aromatic rings. The van der Waals surface area contributed by atoms with Crippen LogP contribution in [-0.4, -0.2) is 20.0 Å². The Hall–Kier alpha value is 1.13. The number of hydrogen-bond acceptors (Lipinski definition) is 1. The molecule has 1 fully saturated rings. The Bertz CT molecular complexity index is 89.6. The van der Waals surface area contributed by atoms with Gasteiger partial charge in [-0.15, -0.1) is 0 Å². The maximum atomic E-state index is 5.59. The maximum absolute atomic E-state index is 5.59. The molecule has 0 spiro atoms. The molecule has 1 saturated heterocycles. The summed E-state index contributed by atoms with van der Waals surface area (Å²) in [6.45, 7) is 4.19. The summed E-state index contributed by atoms with van der Waals surface area (Å²) in [5, 5.41) is 0. The molecule has 1 aliphatic rings. The molecule has 1 nitrogen and oxygen atoms in total. The third-order valence-corrected chi connectivity index (χ3v) is 1.77. The van der Waals surface area contributed by atoms with Crippen LogP contribution in [0.5, 0.6) is 0 Å². The van der Waals surface area contributed by atoms with E-state index in [2.05, 4.69) is 20.3 Å².